The maximum Gasteiger partial charge on any atom is 0.125 e. The van der Waals surface area contributed by atoms with E-state index >= 15 is 0 Å². The van der Waals surface area contributed by atoms with E-state index in [9.17, 15) is 0 Å². The van der Waals surface area contributed by atoms with Gasteiger partial charge in [0.1, 0.15) is 11.7 Å². The lowest BCUT2D eigenvalue weighted by molar-refractivity contribution is 0.0534. The topological polar surface area (TPSA) is 18.5 Å². The molecule has 0 saturated heterocycles. The molecule has 0 aliphatic heterocycles. The number of ether oxygens (including phenoxy) is 2. The van der Waals surface area contributed by atoms with Crippen molar-refractivity contribution in [2.24, 2.45) is 0 Å². The molecule has 2 heteroatoms. The van der Waals surface area contributed by atoms with E-state index in [-0.39, 0.29) is 11.7 Å². The summed E-state index contributed by atoms with van der Waals surface area (Å²) in [6.45, 7) is 6.10. The Hall–Kier alpha value is -0.520. The highest BCUT2D eigenvalue weighted by Crippen LogP contribution is 2.12. The van der Waals surface area contributed by atoms with Crippen molar-refractivity contribution in [2.45, 2.75) is 45.3 Å². The molecular formula is C11H20O2. The Bertz CT molecular complexity index is 180. The van der Waals surface area contributed by atoms with Crippen LogP contribution in [0.1, 0.15) is 33.6 Å². The fraction of sp³-hybridized carbons (Fsp3) is 0.818. The molecule has 0 aliphatic carbocycles. The van der Waals surface area contributed by atoms with E-state index < -0.39 is 0 Å². The summed E-state index contributed by atoms with van der Waals surface area (Å²) < 4.78 is 10.5. The van der Waals surface area contributed by atoms with Crippen LogP contribution in [0.4, 0.5) is 0 Å². The van der Waals surface area contributed by atoms with Gasteiger partial charge in [0.25, 0.3) is 0 Å². The molecule has 76 valence electrons. The van der Waals surface area contributed by atoms with E-state index in [4.69, 9.17) is 9.47 Å². The Morgan fingerprint density at radius 2 is 1.92 bits per heavy atom. The van der Waals surface area contributed by atoms with Crippen LogP contribution in [0.3, 0.4) is 0 Å². The fourth-order valence-electron chi connectivity index (χ4n) is 0.845. The minimum Gasteiger partial charge on any atom is -0.369 e. The first kappa shape index (κ1) is 12.5. The average molecular weight is 184 g/mol. The summed E-state index contributed by atoms with van der Waals surface area (Å²) >= 11 is 0. The Kier molecular flexibility index (Phi) is 5.77. The van der Waals surface area contributed by atoms with Gasteiger partial charge in [0.15, 0.2) is 0 Å². The van der Waals surface area contributed by atoms with Crippen molar-refractivity contribution < 1.29 is 9.47 Å². The van der Waals surface area contributed by atoms with E-state index in [2.05, 4.69) is 25.7 Å². The molecule has 0 spiro atoms. The Balaban J connectivity index is 4.34. The van der Waals surface area contributed by atoms with Crippen molar-refractivity contribution in [1.82, 2.24) is 0 Å². The fourth-order valence-corrected chi connectivity index (χ4v) is 0.845. The summed E-state index contributed by atoms with van der Waals surface area (Å²) in [6, 6.07) is 0. The van der Waals surface area contributed by atoms with Crippen LogP contribution in [0.2, 0.25) is 0 Å². The lowest BCUT2D eigenvalue weighted by Gasteiger charge is -2.19. The zero-order valence-electron chi connectivity index (χ0n) is 9.31. The third kappa shape index (κ3) is 4.31. The molecule has 0 N–H and O–H groups in total. The number of methoxy groups -OCH3 is 2. The van der Waals surface area contributed by atoms with Gasteiger partial charge in [-0.3, -0.25) is 0 Å². The van der Waals surface area contributed by atoms with Crippen LogP contribution in [0.5, 0.6) is 0 Å². The van der Waals surface area contributed by atoms with E-state index in [1.807, 2.05) is 6.92 Å². The Morgan fingerprint density at radius 3 is 2.23 bits per heavy atom. The molecule has 0 aliphatic rings. The maximum absolute atomic E-state index is 5.30. The highest BCUT2D eigenvalue weighted by atomic mass is 16.5. The van der Waals surface area contributed by atoms with Gasteiger partial charge in [-0.15, -0.1) is 0 Å². The lowest BCUT2D eigenvalue weighted by Crippen LogP contribution is -2.24. The van der Waals surface area contributed by atoms with Crippen molar-refractivity contribution in [3.05, 3.63) is 0 Å². The third-order valence-electron chi connectivity index (χ3n) is 2.28. The zero-order valence-corrected chi connectivity index (χ0v) is 9.31. The standard InChI is InChI=1S/C11H20O2/c1-6-10(12-4)8-9-11(3,7-2)13-5/h10H,6-7H2,1-5H3. The highest BCUT2D eigenvalue weighted by Gasteiger charge is 2.17. The van der Waals surface area contributed by atoms with E-state index in [1.165, 1.54) is 0 Å². The summed E-state index contributed by atoms with van der Waals surface area (Å²) in [5, 5.41) is 0. The second-order valence-corrected chi connectivity index (χ2v) is 3.19. The molecule has 0 heterocycles. The molecule has 0 saturated carbocycles. The van der Waals surface area contributed by atoms with Crippen molar-refractivity contribution in [3.8, 4) is 11.8 Å². The van der Waals surface area contributed by atoms with Gasteiger partial charge in [-0.25, -0.2) is 0 Å². The molecule has 0 aromatic carbocycles. The van der Waals surface area contributed by atoms with Gasteiger partial charge in [0, 0.05) is 14.2 Å². The van der Waals surface area contributed by atoms with Gasteiger partial charge in [-0.1, -0.05) is 25.7 Å². The van der Waals surface area contributed by atoms with Crippen LogP contribution in [0.15, 0.2) is 0 Å². The van der Waals surface area contributed by atoms with Crippen molar-refractivity contribution >= 4 is 0 Å². The van der Waals surface area contributed by atoms with Crippen LogP contribution in [0.25, 0.3) is 0 Å². The normalized spacial score (nSPS) is 17.0. The number of rotatable bonds is 4. The second-order valence-electron chi connectivity index (χ2n) is 3.19. The molecule has 0 fully saturated rings. The molecule has 0 bridgehead atoms. The summed E-state index contributed by atoms with van der Waals surface area (Å²) in [7, 11) is 3.37. The van der Waals surface area contributed by atoms with Gasteiger partial charge in [0.05, 0.1) is 0 Å². The smallest absolute Gasteiger partial charge is 0.125 e. The largest absolute Gasteiger partial charge is 0.369 e. The van der Waals surface area contributed by atoms with E-state index in [0.29, 0.717) is 0 Å². The van der Waals surface area contributed by atoms with Crippen molar-refractivity contribution in [3.63, 3.8) is 0 Å². The third-order valence-corrected chi connectivity index (χ3v) is 2.28. The minimum atomic E-state index is -0.327. The van der Waals surface area contributed by atoms with E-state index in [1.54, 1.807) is 14.2 Å². The molecule has 0 radical (unpaired) electrons. The molecule has 0 rings (SSSR count). The molecule has 0 aromatic heterocycles. The molecule has 0 aromatic rings. The molecule has 0 amide bonds. The Morgan fingerprint density at radius 1 is 1.31 bits per heavy atom. The summed E-state index contributed by atoms with van der Waals surface area (Å²) in [4.78, 5) is 0. The van der Waals surface area contributed by atoms with Crippen LogP contribution in [0, 0.1) is 11.8 Å². The predicted molar refractivity (Wildman–Crippen MR) is 54.6 cm³/mol. The predicted octanol–water partition coefficient (Wildman–Crippen LogP) is 2.23. The van der Waals surface area contributed by atoms with Gasteiger partial charge in [-0.05, 0) is 19.8 Å². The highest BCUT2D eigenvalue weighted by molar-refractivity contribution is 5.15. The SMILES string of the molecule is CCC(C#CC(C)(CC)OC)OC. The van der Waals surface area contributed by atoms with Gasteiger partial charge >= 0.3 is 0 Å². The molecule has 2 atom stereocenters. The molecular weight excluding hydrogens is 164 g/mol. The summed E-state index contributed by atoms with van der Waals surface area (Å²) in [5.41, 5.74) is -0.327. The van der Waals surface area contributed by atoms with Gasteiger partial charge in [-0.2, -0.15) is 0 Å². The second kappa shape index (κ2) is 6.01. The summed E-state index contributed by atoms with van der Waals surface area (Å²) in [5.74, 6) is 6.16. The quantitative estimate of drug-likeness (QED) is 0.624. The van der Waals surface area contributed by atoms with E-state index in [0.717, 1.165) is 12.8 Å². The minimum absolute atomic E-state index is 0.0287. The first-order valence-electron chi connectivity index (χ1n) is 4.72. The molecule has 2 nitrogen and oxygen atoms in total. The van der Waals surface area contributed by atoms with Crippen LogP contribution in [-0.2, 0) is 9.47 Å². The lowest BCUT2D eigenvalue weighted by atomic mass is 10.0. The summed E-state index contributed by atoms with van der Waals surface area (Å²) in [6.07, 6.45) is 1.82. The first-order chi connectivity index (χ1) is 6.11. The maximum atomic E-state index is 5.30. The Labute approximate surface area is 81.6 Å². The van der Waals surface area contributed by atoms with Gasteiger partial charge < -0.3 is 9.47 Å². The van der Waals surface area contributed by atoms with Crippen LogP contribution >= 0.6 is 0 Å². The van der Waals surface area contributed by atoms with Crippen LogP contribution < -0.4 is 0 Å². The van der Waals surface area contributed by atoms with Crippen molar-refractivity contribution in [1.29, 1.82) is 0 Å². The van der Waals surface area contributed by atoms with Gasteiger partial charge in [0.2, 0.25) is 0 Å². The van der Waals surface area contributed by atoms with Crippen LogP contribution in [-0.4, -0.2) is 25.9 Å². The first-order valence-corrected chi connectivity index (χ1v) is 4.72. The molecule has 13 heavy (non-hydrogen) atoms. The number of hydrogen-bond donors (Lipinski definition) is 0. The zero-order chi connectivity index (χ0) is 10.3. The monoisotopic (exact) mass is 184 g/mol. The average Bonchev–Trinajstić information content (AvgIpc) is 2.19. The number of hydrogen-bond acceptors (Lipinski definition) is 2. The molecule has 2 unspecified atom stereocenters. The van der Waals surface area contributed by atoms with Crippen molar-refractivity contribution in [2.75, 3.05) is 14.2 Å².